The number of ether oxygens (including phenoxy) is 3. The van der Waals surface area contributed by atoms with Gasteiger partial charge in [-0.2, -0.15) is 0 Å². The molecule has 0 N–H and O–H groups in total. The van der Waals surface area contributed by atoms with Gasteiger partial charge in [0.15, 0.2) is 6.10 Å². The molecule has 0 heterocycles. The monoisotopic (exact) mass is 1140 g/mol. The number of allylic oxidation sites excluding steroid dienone is 18. The first-order chi connectivity index (χ1) is 40.5. The molecule has 6 heteroatoms. The molecule has 0 radical (unpaired) electrons. The second-order valence-corrected chi connectivity index (χ2v) is 23.0. The van der Waals surface area contributed by atoms with E-state index in [4.69, 9.17) is 14.2 Å². The number of hydrogen-bond acceptors (Lipinski definition) is 6. The molecule has 0 aliphatic heterocycles. The van der Waals surface area contributed by atoms with E-state index in [0.29, 0.717) is 19.3 Å². The van der Waals surface area contributed by atoms with Crippen LogP contribution in [0.5, 0.6) is 0 Å². The molecule has 0 rings (SSSR count). The van der Waals surface area contributed by atoms with Gasteiger partial charge >= 0.3 is 17.9 Å². The Morgan fingerprint density at radius 2 is 0.476 bits per heavy atom. The Labute approximate surface area is 508 Å². The zero-order chi connectivity index (χ0) is 59.2. The zero-order valence-electron chi connectivity index (χ0n) is 54.0. The minimum Gasteiger partial charge on any atom is -0.462 e. The van der Waals surface area contributed by atoms with Crippen LogP contribution in [0.15, 0.2) is 109 Å². The van der Waals surface area contributed by atoms with Gasteiger partial charge in [0.05, 0.1) is 0 Å². The molecule has 0 aliphatic carbocycles. The topological polar surface area (TPSA) is 78.9 Å². The highest BCUT2D eigenvalue weighted by atomic mass is 16.6. The van der Waals surface area contributed by atoms with E-state index < -0.39 is 6.10 Å². The predicted molar refractivity (Wildman–Crippen MR) is 357 cm³/mol. The standard InChI is InChI=1S/C76H130O6/c1-4-7-10-13-16-18-20-22-24-26-28-30-32-34-36-37-38-39-41-42-44-46-48-50-52-54-56-58-60-63-66-69-75(78)81-72-73(71-80-74(77)68-65-62-15-12-9-6-3)82-76(79)70-67-64-61-59-57-55-53-51-49-47-45-43-40-35-33-31-29-27-25-23-21-19-17-14-11-8-5-2/h7-8,10-11,16-19,22-25,28-31,35,40,73H,4-6,9,12-15,20-21,26-27,32-34,36-39,41-72H2,1-3H3/b10-7-,11-8-,18-16-,19-17-,24-22-,25-23-,30-28-,31-29-,40-35-. The summed E-state index contributed by atoms with van der Waals surface area (Å²) in [5.74, 6) is -0.876. The normalized spacial score (nSPS) is 12.8. The summed E-state index contributed by atoms with van der Waals surface area (Å²) in [4.78, 5) is 38.1. The molecule has 0 saturated carbocycles. The highest BCUT2D eigenvalue weighted by Crippen LogP contribution is 2.17. The van der Waals surface area contributed by atoms with Crippen LogP contribution in [0.1, 0.15) is 335 Å². The molecule has 0 aromatic heterocycles. The molecule has 0 aliphatic rings. The Morgan fingerprint density at radius 3 is 0.744 bits per heavy atom. The Hall–Kier alpha value is -3.93. The van der Waals surface area contributed by atoms with Gasteiger partial charge in [0.2, 0.25) is 0 Å². The quantitative estimate of drug-likeness (QED) is 0.0261. The van der Waals surface area contributed by atoms with Crippen LogP contribution in [-0.2, 0) is 28.6 Å². The first kappa shape index (κ1) is 78.1. The summed E-state index contributed by atoms with van der Waals surface area (Å²) >= 11 is 0. The van der Waals surface area contributed by atoms with E-state index >= 15 is 0 Å². The van der Waals surface area contributed by atoms with Crippen molar-refractivity contribution in [3.8, 4) is 0 Å². The SMILES string of the molecule is CC/C=C\C/C=C\C/C=C\C/C=C\C/C=C\CCCCCCCCCCCCCC(=O)OC(COC(=O)CCCCCCCC)COC(=O)CCCCCCCCCCCCCCCCCCCC/C=C\C/C=C\C/C=C\C/C=C\CC. The number of esters is 3. The maximum atomic E-state index is 12.9. The third-order valence-corrected chi connectivity index (χ3v) is 15.0. The lowest BCUT2D eigenvalue weighted by Gasteiger charge is -2.18. The van der Waals surface area contributed by atoms with Gasteiger partial charge in [-0.3, -0.25) is 14.4 Å². The maximum absolute atomic E-state index is 12.9. The van der Waals surface area contributed by atoms with Gasteiger partial charge in [-0.1, -0.05) is 323 Å². The van der Waals surface area contributed by atoms with Crippen LogP contribution < -0.4 is 0 Å². The lowest BCUT2D eigenvalue weighted by atomic mass is 10.0. The fourth-order valence-corrected chi connectivity index (χ4v) is 9.88. The Morgan fingerprint density at radius 1 is 0.256 bits per heavy atom. The molecular formula is C76H130O6. The van der Waals surface area contributed by atoms with Crippen LogP contribution in [0.2, 0.25) is 0 Å². The highest BCUT2D eigenvalue weighted by Gasteiger charge is 2.19. The summed E-state index contributed by atoms with van der Waals surface area (Å²) in [6.07, 6.45) is 95.9. The summed E-state index contributed by atoms with van der Waals surface area (Å²) in [6, 6.07) is 0. The van der Waals surface area contributed by atoms with Crippen molar-refractivity contribution in [1.29, 1.82) is 0 Å². The average molecular weight is 1140 g/mol. The van der Waals surface area contributed by atoms with Crippen molar-refractivity contribution in [1.82, 2.24) is 0 Å². The third-order valence-electron chi connectivity index (χ3n) is 15.0. The van der Waals surface area contributed by atoms with Gasteiger partial charge in [0, 0.05) is 19.3 Å². The molecule has 1 atom stereocenters. The van der Waals surface area contributed by atoms with Crippen LogP contribution in [0, 0.1) is 0 Å². The molecule has 470 valence electrons. The third kappa shape index (κ3) is 66.9. The fraction of sp³-hybridized carbons (Fsp3) is 0.724. The molecule has 1 unspecified atom stereocenters. The van der Waals surface area contributed by atoms with Gasteiger partial charge in [0.1, 0.15) is 13.2 Å². The van der Waals surface area contributed by atoms with E-state index in [1.165, 1.54) is 180 Å². The van der Waals surface area contributed by atoms with Crippen molar-refractivity contribution in [2.75, 3.05) is 13.2 Å². The maximum Gasteiger partial charge on any atom is 0.306 e. The van der Waals surface area contributed by atoms with Crippen LogP contribution >= 0.6 is 0 Å². The number of carbonyl (C=O) groups is 3. The minimum atomic E-state index is -0.777. The Kier molecular flexibility index (Phi) is 66.2. The van der Waals surface area contributed by atoms with Crippen LogP contribution in [0.4, 0.5) is 0 Å². The number of hydrogen-bond donors (Lipinski definition) is 0. The van der Waals surface area contributed by atoms with Gasteiger partial charge < -0.3 is 14.2 Å². The van der Waals surface area contributed by atoms with Crippen molar-refractivity contribution in [3.05, 3.63) is 109 Å². The number of unbranched alkanes of at least 4 members (excludes halogenated alkanes) is 34. The fourth-order valence-electron chi connectivity index (χ4n) is 9.88. The summed E-state index contributed by atoms with van der Waals surface area (Å²) in [5, 5.41) is 0. The summed E-state index contributed by atoms with van der Waals surface area (Å²) in [6.45, 7) is 6.38. The molecule has 82 heavy (non-hydrogen) atoms. The van der Waals surface area contributed by atoms with Gasteiger partial charge in [-0.05, 0) is 103 Å². The van der Waals surface area contributed by atoms with E-state index in [1.807, 2.05) is 0 Å². The molecule has 0 bridgehead atoms. The smallest absolute Gasteiger partial charge is 0.306 e. The van der Waals surface area contributed by atoms with E-state index in [1.54, 1.807) is 0 Å². The molecule has 0 aromatic rings. The minimum absolute atomic E-state index is 0.0756. The Balaban J connectivity index is 4.02. The highest BCUT2D eigenvalue weighted by molar-refractivity contribution is 5.71. The van der Waals surface area contributed by atoms with Gasteiger partial charge in [-0.15, -0.1) is 0 Å². The van der Waals surface area contributed by atoms with Crippen molar-refractivity contribution in [3.63, 3.8) is 0 Å². The average Bonchev–Trinajstić information content (AvgIpc) is 3.47. The summed E-state index contributed by atoms with van der Waals surface area (Å²) in [5.41, 5.74) is 0. The Bertz CT molecular complexity index is 1640. The molecule has 0 spiro atoms. The molecular weight excluding hydrogens is 1010 g/mol. The van der Waals surface area contributed by atoms with Crippen molar-refractivity contribution in [2.24, 2.45) is 0 Å². The summed E-state index contributed by atoms with van der Waals surface area (Å²) in [7, 11) is 0. The second kappa shape index (κ2) is 69.6. The van der Waals surface area contributed by atoms with Crippen molar-refractivity contribution in [2.45, 2.75) is 341 Å². The number of carbonyl (C=O) groups excluding carboxylic acids is 3. The largest absolute Gasteiger partial charge is 0.462 e. The molecule has 0 amide bonds. The van der Waals surface area contributed by atoms with Gasteiger partial charge in [0.25, 0.3) is 0 Å². The van der Waals surface area contributed by atoms with Crippen LogP contribution in [0.3, 0.4) is 0 Å². The first-order valence-corrected chi connectivity index (χ1v) is 34.9. The first-order valence-electron chi connectivity index (χ1n) is 34.9. The van der Waals surface area contributed by atoms with E-state index in [0.717, 1.165) is 116 Å². The summed E-state index contributed by atoms with van der Waals surface area (Å²) < 4.78 is 16.9. The van der Waals surface area contributed by atoms with Crippen molar-refractivity contribution < 1.29 is 28.6 Å². The molecule has 0 fully saturated rings. The lowest BCUT2D eigenvalue weighted by molar-refractivity contribution is -0.167. The van der Waals surface area contributed by atoms with E-state index in [9.17, 15) is 14.4 Å². The van der Waals surface area contributed by atoms with Crippen molar-refractivity contribution >= 4 is 17.9 Å². The second-order valence-electron chi connectivity index (χ2n) is 23.0. The number of rotatable bonds is 63. The molecule has 0 saturated heterocycles. The zero-order valence-corrected chi connectivity index (χ0v) is 54.0. The lowest BCUT2D eigenvalue weighted by Crippen LogP contribution is -2.30. The van der Waals surface area contributed by atoms with Crippen LogP contribution in [-0.4, -0.2) is 37.2 Å². The van der Waals surface area contributed by atoms with E-state index in [-0.39, 0.29) is 31.1 Å². The molecule has 0 aromatic carbocycles. The van der Waals surface area contributed by atoms with Gasteiger partial charge in [-0.25, -0.2) is 0 Å². The van der Waals surface area contributed by atoms with Crippen LogP contribution in [0.25, 0.3) is 0 Å². The predicted octanol–water partition coefficient (Wildman–Crippen LogP) is 24.2. The van der Waals surface area contributed by atoms with E-state index in [2.05, 4.69) is 130 Å². The molecule has 6 nitrogen and oxygen atoms in total.